The van der Waals surface area contributed by atoms with Crippen molar-refractivity contribution in [3.8, 4) is 0 Å². The Morgan fingerprint density at radius 2 is 1.15 bits per heavy atom. The molecule has 0 fully saturated rings. The largest absolute Gasteiger partial charge is 0.481 e. The van der Waals surface area contributed by atoms with Gasteiger partial charge in [-0.25, -0.2) is 0 Å². The second kappa shape index (κ2) is 8.01. The summed E-state index contributed by atoms with van der Waals surface area (Å²) in [5.41, 5.74) is -1.81. The number of hydrogen-bond acceptors (Lipinski definition) is 4. The Morgan fingerprint density at radius 1 is 0.850 bits per heavy atom. The summed E-state index contributed by atoms with van der Waals surface area (Å²) < 4.78 is 10.5. The van der Waals surface area contributed by atoms with Gasteiger partial charge in [0.15, 0.2) is 0 Å². The molecule has 0 aliphatic carbocycles. The monoisotopic (exact) mass is 288 g/mol. The fourth-order valence-corrected chi connectivity index (χ4v) is 1.02. The Hall–Kier alpha value is -1.40. The maximum Gasteiger partial charge on any atom is 0.311 e. The lowest BCUT2D eigenvalue weighted by atomic mass is 9.95. The third-order valence-corrected chi connectivity index (χ3v) is 2.68. The average Bonchev–Trinajstić information content (AvgIpc) is 2.31. The molecule has 0 radical (unpaired) electrons. The highest BCUT2D eigenvalue weighted by Crippen LogP contribution is 2.16. The molecule has 0 atom stereocenters. The fraction of sp³-hybridized carbons (Fsp3) is 0.714. The lowest BCUT2D eigenvalue weighted by Gasteiger charge is -2.18. The van der Waals surface area contributed by atoms with Gasteiger partial charge in [-0.15, -0.1) is 0 Å². The summed E-state index contributed by atoms with van der Waals surface area (Å²) in [6.45, 7) is 7.21. The predicted octanol–water partition coefficient (Wildman–Crippen LogP) is 1.80. The molecule has 0 unspecified atom stereocenters. The molecular formula is C14H24O6. The third-order valence-electron chi connectivity index (χ3n) is 2.68. The van der Waals surface area contributed by atoms with Crippen LogP contribution in [0.4, 0.5) is 0 Å². The number of carboxylic acid groups (broad SMARTS) is 2. The van der Waals surface area contributed by atoms with Crippen molar-refractivity contribution in [1.29, 1.82) is 0 Å². The summed E-state index contributed by atoms with van der Waals surface area (Å²) >= 11 is 0. The van der Waals surface area contributed by atoms with Gasteiger partial charge >= 0.3 is 11.9 Å². The van der Waals surface area contributed by atoms with E-state index in [1.54, 1.807) is 39.8 Å². The van der Waals surface area contributed by atoms with Gasteiger partial charge in [0.05, 0.1) is 37.3 Å². The minimum Gasteiger partial charge on any atom is -0.481 e. The van der Waals surface area contributed by atoms with Gasteiger partial charge < -0.3 is 19.7 Å². The van der Waals surface area contributed by atoms with Gasteiger partial charge in [-0.05, 0) is 27.7 Å². The highest BCUT2D eigenvalue weighted by Gasteiger charge is 2.27. The van der Waals surface area contributed by atoms with E-state index in [1.165, 1.54) is 0 Å². The van der Waals surface area contributed by atoms with Crippen molar-refractivity contribution >= 4 is 11.9 Å². The SMILES string of the molecule is CC(C)(COC/C=C/COCC(C)(C)C(=O)O)C(=O)O. The molecule has 20 heavy (non-hydrogen) atoms. The molecule has 6 nitrogen and oxygen atoms in total. The van der Waals surface area contributed by atoms with Gasteiger partial charge in [0.2, 0.25) is 0 Å². The molecular weight excluding hydrogens is 264 g/mol. The van der Waals surface area contributed by atoms with Crippen LogP contribution in [0.15, 0.2) is 12.2 Å². The van der Waals surface area contributed by atoms with E-state index < -0.39 is 22.8 Å². The second-order valence-corrected chi connectivity index (χ2v) is 5.88. The molecule has 0 bridgehead atoms. The van der Waals surface area contributed by atoms with Crippen molar-refractivity contribution in [2.24, 2.45) is 10.8 Å². The normalized spacial score (nSPS) is 12.8. The van der Waals surface area contributed by atoms with Crippen molar-refractivity contribution in [2.45, 2.75) is 27.7 Å². The van der Waals surface area contributed by atoms with Crippen LogP contribution in [0.25, 0.3) is 0 Å². The number of aliphatic carboxylic acids is 2. The van der Waals surface area contributed by atoms with Gasteiger partial charge in [0, 0.05) is 0 Å². The summed E-state index contributed by atoms with van der Waals surface area (Å²) in [6, 6.07) is 0. The van der Waals surface area contributed by atoms with Crippen LogP contribution < -0.4 is 0 Å². The average molecular weight is 288 g/mol. The maximum absolute atomic E-state index is 10.8. The van der Waals surface area contributed by atoms with Crippen molar-refractivity contribution in [2.75, 3.05) is 26.4 Å². The number of rotatable bonds is 10. The summed E-state index contributed by atoms with van der Waals surface area (Å²) in [5.74, 6) is -1.80. The number of hydrogen-bond donors (Lipinski definition) is 2. The lowest BCUT2D eigenvalue weighted by molar-refractivity contribution is -0.151. The van der Waals surface area contributed by atoms with Crippen molar-refractivity contribution in [1.82, 2.24) is 0 Å². The Bertz CT molecular complexity index is 323. The van der Waals surface area contributed by atoms with Crippen LogP contribution >= 0.6 is 0 Å². The maximum atomic E-state index is 10.8. The first-order valence-corrected chi connectivity index (χ1v) is 6.37. The van der Waals surface area contributed by atoms with Gasteiger partial charge in [-0.1, -0.05) is 12.2 Å². The van der Waals surface area contributed by atoms with Crippen LogP contribution in [0.2, 0.25) is 0 Å². The van der Waals surface area contributed by atoms with E-state index in [2.05, 4.69) is 0 Å². The molecule has 0 aliphatic heterocycles. The van der Waals surface area contributed by atoms with Crippen LogP contribution in [0.1, 0.15) is 27.7 Å². The molecule has 0 aromatic rings. The van der Waals surface area contributed by atoms with Gasteiger partial charge in [0.25, 0.3) is 0 Å². The summed E-state index contributed by atoms with van der Waals surface area (Å²) in [5, 5.41) is 17.7. The van der Waals surface area contributed by atoms with Crippen LogP contribution in [-0.2, 0) is 19.1 Å². The molecule has 116 valence electrons. The first kappa shape index (κ1) is 18.6. The lowest BCUT2D eigenvalue weighted by Crippen LogP contribution is -2.29. The van der Waals surface area contributed by atoms with E-state index >= 15 is 0 Å². The topological polar surface area (TPSA) is 93.1 Å². The quantitative estimate of drug-likeness (QED) is 0.470. The molecule has 0 heterocycles. The Morgan fingerprint density at radius 3 is 1.40 bits per heavy atom. The minimum atomic E-state index is -0.907. The standard InChI is InChI=1S/C14H24O6/c1-13(2,11(15)16)9-19-7-5-6-8-20-10-14(3,4)12(17)18/h5-6H,7-10H2,1-4H3,(H,15,16)(H,17,18)/b6-5+. The highest BCUT2D eigenvalue weighted by molar-refractivity contribution is 5.74. The van der Waals surface area contributed by atoms with Crippen LogP contribution in [0.5, 0.6) is 0 Å². The zero-order chi connectivity index (χ0) is 15.8. The first-order valence-electron chi connectivity index (χ1n) is 6.37. The summed E-state index contributed by atoms with van der Waals surface area (Å²) in [4.78, 5) is 21.6. The summed E-state index contributed by atoms with van der Waals surface area (Å²) in [7, 11) is 0. The smallest absolute Gasteiger partial charge is 0.311 e. The molecule has 0 rings (SSSR count). The van der Waals surface area contributed by atoms with Gasteiger partial charge in [-0.2, -0.15) is 0 Å². The number of carboxylic acids is 2. The molecule has 0 spiro atoms. The number of carbonyl (C=O) groups is 2. The van der Waals surface area contributed by atoms with Crippen LogP contribution in [-0.4, -0.2) is 48.6 Å². The fourth-order valence-electron chi connectivity index (χ4n) is 1.02. The Kier molecular flexibility index (Phi) is 7.45. The van der Waals surface area contributed by atoms with Crippen LogP contribution in [0, 0.1) is 10.8 Å². The molecule has 0 amide bonds. The minimum absolute atomic E-state index is 0.125. The second-order valence-electron chi connectivity index (χ2n) is 5.88. The van der Waals surface area contributed by atoms with Gasteiger partial charge in [-0.3, -0.25) is 9.59 Å². The van der Waals surface area contributed by atoms with Crippen LogP contribution in [0.3, 0.4) is 0 Å². The molecule has 0 aliphatic rings. The van der Waals surface area contributed by atoms with E-state index in [0.717, 1.165) is 0 Å². The van der Waals surface area contributed by atoms with E-state index in [9.17, 15) is 9.59 Å². The van der Waals surface area contributed by atoms with E-state index in [4.69, 9.17) is 19.7 Å². The van der Waals surface area contributed by atoms with Crippen molar-refractivity contribution in [3.05, 3.63) is 12.2 Å². The molecule has 0 aromatic carbocycles. The number of ether oxygens (including phenoxy) is 2. The first-order chi connectivity index (χ1) is 9.09. The van der Waals surface area contributed by atoms with Gasteiger partial charge in [0.1, 0.15) is 0 Å². The predicted molar refractivity (Wildman–Crippen MR) is 73.6 cm³/mol. The van der Waals surface area contributed by atoms with Crippen molar-refractivity contribution < 1.29 is 29.3 Å². The zero-order valence-electron chi connectivity index (χ0n) is 12.5. The van der Waals surface area contributed by atoms with E-state index in [0.29, 0.717) is 13.2 Å². The summed E-state index contributed by atoms with van der Waals surface area (Å²) in [6.07, 6.45) is 3.43. The highest BCUT2D eigenvalue weighted by atomic mass is 16.5. The van der Waals surface area contributed by atoms with E-state index in [-0.39, 0.29) is 13.2 Å². The molecule has 0 saturated carbocycles. The molecule has 0 saturated heterocycles. The Balaban J connectivity index is 3.75. The molecule has 0 aromatic heterocycles. The molecule has 6 heteroatoms. The van der Waals surface area contributed by atoms with Crippen molar-refractivity contribution in [3.63, 3.8) is 0 Å². The molecule has 2 N–H and O–H groups in total. The third kappa shape index (κ3) is 7.25. The van der Waals surface area contributed by atoms with E-state index in [1.807, 2.05) is 0 Å². The Labute approximate surface area is 119 Å². The zero-order valence-corrected chi connectivity index (χ0v) is 12.5.